The van der Waals surface area contributed by atoms with Crippen LogP contribution in [0, 0.1) is 5.82 Å². The summed E-state index contributed by atoms with van der Waals surface area (Å²) in [5, 5.41) is 12.7. The van der Waals surface area contributed by atoms with Crippen LogP contribution in [0.15, 0.2) is 54.7 Å². The SMILES string of the molecule is CCc1c(CO)cccc1Nc1c(C(N)=O)cnc2c1cc(-c1ccc(F)cc1)n2C(F)(F)C(=O)OF. The van der Waals surface area contributed by atoms with E-state index in [2.05, 4.69) is 15.2 Å². The number of carbonyl (C=O) groups is 2. The molecule has 0 saturated carbocycles. The maximum atomic E-state index is 15.2. The molecule has 192 valence electrons. The van der Waals surface area contributed by atoms with Crippen molar-refractivity contribution in [2.75, 3.05) is 5.32 Å². The molecule has 0 bridgehead atoms. The molecule has 0 spiro atoms. The number of alkyl halides is 2. The van der Waals surface area contributed by atoms with E-state index in [-0.39, 0.29) is 39.1 Å². The second kappa shape index (κ2) is 9.90. The van der Waals surface area contributed by atoms with E-state index in [0.717, 1.165) is 18.3 Å². The number of rotatable bonds is 8. The molecule has 0 atom stereocenters. The van der Waals surface area contributed by atoms with E-state index in [1.807, 2.05) is 6.92 Å². The van der Waals surface area contributed by atoms with Crippen LogP contribution in [0.3, 0.4) is 0 Å². The third kappa shape index (κ3) is 4.47. The summed E-state index contributed by atoms with van der Waals surface area (Å²) >= 11 is 0. The molecule has 0 aliphatic rings. The van der Waals surface area contributed by atoms with Gasteiger partial charge in [0.05, 0.1) is 23.6 Å². The summed E-state index contributed by atoms with van der Waals surface area (Å²) in [6, 6.07) is 6.00. The number of fused-ring (bicyclic) bond motifs is 1. The van der Waals surface area contributed by atoms with Crippen LogP contribution in [0.25, 0.3) is 22.3 Å². The number of aliphatic hydroxyl groups is 1. The van der Waals surface area contributed by atoms with E-state index in [1.165, 1.54) is 18.2 Å². The Kier molecular flexibility index (Phi) is 6.86. The molecule has 4 N–H and O–H groups in total. The molecule has 8 nitrogen and oxygen atoms in total. The lowest BCUT2D eigenvalue weighted by atomic mass is 10.0. The van der Waals surface area contributed by atoms with Gasteiger partial charge in [-0.15, -0.1) is 0 Å². The molecule has 4 rings (SSSR count). The van der Waals surface area contributed by atoms with Gasteiger partial charge in [0.1, 0.15) is 11.5 Å². The summed E-state index contributed by atoms with van der Waals surface area (Å²) in [6.45, 7) is 1.57. The number of nitrogens with zero attached hydrogens (tertiary/aromatic N) is 2. The number of amides is 1. The fourth-order valence-electron chi connectivity index (χ4n) is 4.18. The van der Waals surface area contributed by atoms with Crippen molar-refractivity contribution in [2.24, 2.45) is 5.73 Å². The highest BCUT2D eigenvalue weighted by atomic mass is 19.3. The zero-order valence-electron chi connectivity index (χ0n) is 19.3. The number of nitrogens with one attached hydrogen (secondary N) is 1. The first-order valence-electron chi connectivity index (χ1n) is 10.9. The van der Waals surface area contributed by atoms with Gasteiger partial charge in [0.15, 0.2) is 0 Å². The normalized spacial score (nSPS) is 11.5. The molecule has 37 heavy (non-hydrogen) atoms. The first-order chi connectivity index (χ1) is 17.6. The quantitative estimate of drug-likeness (QED) is 0.292. The van der Waals surface area contributed by atoms with Crippen molar-refractivity contribution in [2.45, 2.75) is 26.0 Å². The van der Waals surface area contributed by atoms with Crippen LogP contribution < -0.4 is 11.1 Å². The monoisotopic (exact) mass is 516 g/mol. The van der Waals surface area contributed by atoms with Crippen LogP contribution in [0.1, 0.15) is 28.4 Å². The van der Waals surface area contributed by atoms with Crippen molar-refractivity contribution >= 4 is 34.3 Å². The Labute approximate surface area is 207 Å². The first kappa shape index (κ1) is 25.6. The molecular formula is C25H20F4N4O4. The van der Waals surface area contributed by atoms with Gasteiger partial charge >= 0.3 is 12.0 Å². The van der Waals surface area contributed by atoms with Gasteiger partial charge in [-0.25, -0.2) is 19.1 Å². The van der Waals surface area contributed by atoms with E-state index < -0.39 is 29.4 Å². The Hall–Kier alpha value is -4.45. The summed E-state index contributed by atoms with van der Waals surface area (Å²) in [5.41, 5.74) is 6.27. The number of aliphatic hydroxyl groups excluding tert-OH is 1. The van der Waals surface area contributed by atoms with Crippen LogP contribution in [0.4, 0.5) is 29.1 Å². The van der Waals surface area contributed by atoms with Crippen LogP contribution in [-0.2, 0) is 28.8 Å². The number of hydrogen-bond donors (Lipinski definition) is 3. The Balaban J connectivity index is 2.07. The summed E-state index contributed by atoms with van der Waals surface area (Å²) in [7, 11) is 0. The van der Waals surface area contributed by atoms with E-state index in [4.69, 9.17) is 5.73 Å². The van der Waals surface area contributed by atoms with Crippen LogP contribution in [-0.4, -0.2) is 26.5 Å². The van der Waals surface area contributed by atoms with Crippen molar-refractivity contribution in [1.82, 2.24) is 9.55 Å². The van der Waals surface area contributed by atoms with Gasteiger partial charge in [-0.3, -0.25) is 9.36 Å². The van der Waals surface area contributed by atoms with Crippen LogP contribution in [0.5, 0.6) is 0 Å². The highest BCUT2D eigenvalue weighted by Gasteiger charge is 2.47. The number of halogens is 4. The summed E-state index contributed by atoms with van der Waals surface area (Å²) in [4.78, 5) is 30.8. The van der Waals surface area contributed by atoms with Crippen molar-refractivity contribution in [3.05, 3.63) is 77.2 Å². The van der Waals surface area contributed by atoms with Gasteiger partial charge in [0, 0.05) is 21.8 Å². The van der Waals surface area contributed by atoms with Crippen molar-refractivity contribution in [3.8, 4) is 11.3 Å². The standard InChI is InChI=1S/C25H20F4N4O4/c1-2-16-14(12-34)4-3-5-19(16)32-21-17-10-20(13-6-8-15(26)9-7-13)33(25(27,28)24(36)37-29)23(17)31-11-18(21)22(30)35/h3-11,34H,2,12H2,1H3,(H2,30,35)(H,31,32). The number of anilines is 2. The molecule has 0 fully saturated rings. The van der Waals surface area contributed by atoms with Gasteiger partial charge in [-0.05, 0) is 59.5 Å². The lowest BCUT2D eigenvalue weighted by molar-refractivity contribution is -0.224. The minimum absolute atomic E-state index is 0.0196. The van der Waals surface area contributed by atoms with E-state index in [0.29, 0.717) is 23.2 Å². The van der Waals surface area contributed by atoms with Gasteiger partial charge in [-0.1, -0.05) is 19.1 Å². The van der Waals surface area contributed by atoms with Gasteiger partial charge in [0.25, 0.3) is 5.91 Å². The van der Waals surface area contributed by atoms with Crippen molar-refractivity contribution < 1.29 is 37.3 Å². The predicted molar refractivity (Wildman–Crippen MR) is 126 cm³/mol. The number of hydrogen-bond acceptors (Lipinski definition) is 6. The summed E-state index contributed by atoms with van der Waals surface area (Å²) in [5.74, 6) is -4.08. The molecule has 0 unspecified atom stereocenters. The topological polar surface area (TPSA) is 119 Å². The third-order valence-corrected chi connectivity index (χ3v) is 5.89. The first-order valence-corrected chi connectivity index (χ1v) is 10.9. The second-order valence-corrected chi connectivity index (χ2v) is 8.01. The largest absolute Gasteiger partial charge is 0.440 e. The average molecular weight is 516 g/mol. The molecule has 2 aromatic carbocycles. The molecule has 4 aromatic rings. The molecule has 1 amide bonds. The third-order valence-electron chi connectivity index (χ3n) is 5.89. The van der Waals surface area contributed by atoms with Gasteiger partial charge in [-0.2, -0.15) is 8.78 Å². The Morgan fingerprint density at radius 3 is 2.49 bits per heavy atom. The molecular weight excluding hydrogens is 496 g/mol. The zero-order chi connectivity index (χ0) is 26.9. The Morgan fingerprint density at radius 1 is 1.19 bits per heavy atom. The molecule has 0 saturated heterocycles. The Morgan fingerprint density at radius 2 is 1.89 bits per heavy atom. The number of pyridine rings is 1. The van der Waals surface area contributed by atoms with Crippen LogP contribution in [0.2, 0.25) is 0 Å². The number of aromatic nitrogens is 2. The van der Waals surface area contributed by atoms with Crippen molar-refractivity contribution in [3.63, 3.8) is 0 Å². The Bertz CT molecular complexity index is 1500. The maximum absolute atomic E-state index is 15.2. The van der Waals surface area contributed by atoms with E-state index >= 15 is 8.78 Å². The van der Waals surface area contributed by atoms with Crippen molar-refractivity contribution in [1.29, 1.82) is 0 Å². The minimum atomic E-state index is -4.58. The maximum Gasteiger partial charge on any atom is 0.440 e. The van der Waals surface area contributed by atoms with E-state index in [9.17, 15) is 23.6 Å². The molecule has 0 aliphatic heterocycles. The zero-order valence-corrected chi connectivity index (χ0v) is 19.3. The molecule has 0 aliphatic carbocycles. The summed E-state index contributed by atoms with van der Waals surface area (Å²) in [6.07, 6.45) is 1.41. The van der Waals surface area contributed by atoms with Crippen LogP contribution >= 0.6 is 0 Å². The van der Waals surface area contributed by atoms with Gasteiger partial charge in [0.2, 0.25) is 0 Å². The summed E-state index contributed by atoms with van der Waals surface area (Å²) < 4.78 is 56.7. The smallest absolute Gasteiger partial charge is 0.392 e. The number of nitrogens with two attached hydrogens (primary N) is 1. The highest BCUT2D eigenvalue weighted by Crippen LogP contribution is 2.40. The lowest BCUT2D eigenvalue weighted by Crippen LogP contribution is -2.34. The molecule has 2 aromatic heterocycles. The molecule has 12 heteroatoms. The molecule has 0 radical (unpaired) electrons. The molecule has 2 heterocycles. The van der Waals surface area contributed by atoms with E-state index in [1.54, 1.807) is 18.2 Å². The number of benzene rings is 2. The van der Waals surface area contributed by atoms with Gasteiger partial charge < -0.3 is 16.2 Å². The number of carbonyl (C=O) groups excluding carboxylic acids is 2. The predicted octanol–water partition coefficient (Wildman–Crippen LogP) is 4.72. The fourth-order valence-corrected chi connectivity index (χ4v) is 4.18. The highest BCUT2D eigenvalue weighted by molar-refractivity contribution is 6.08. The average Bonchev–Trinajstić information content (AvgIpc) is 3.29. The minimum Gasteiger partial charge on any atom is -0.392 e. The fraction of sp³-hybridized carbons (Fsp3) is 0.160. The number of primary amides is 1. The lowest BCUT2D eigenvalue weighted by Gasteiger charge is -2.19. The second-order valence-electron chi connectivity index (χ2n) is 8.01.